The molecule has 0 bridgehead atoms. The molecule has 3 rings (SSSR count). The molecular weight excluding hydrogens is 439 g/mol. The number of ether oxygens (including phenoxy) is 2. The standard InChI is InChI=1S/C22H26ClFN4O4/c1-31-19-6-4-15(11-20(19)32-2)22(30)26-25-21(29)14-28-9-7-27(8-10-28)13-16-3-5-17(24)12-18(16)23/h3-6,11-12H,7-10,13-14H2,1-2H3,(H,25,29)(H,26,30). The van der Waals surface area contributed by atoms with Crippen molar-refractivity contribution < 1.29 is 23.5 Å². The maximum absolute atomic E-state index is 13.2. The molecule has 0 aromatic heterocycles. The molecule has 0 aliphatic carbocycles. The third kappa shape index (κ3) is 6.32. The molecule has 2 N–H and O–H groups in total. The minimum absolute atomic E-state index is 0.164. The maximum atomic E-state index is 13.2. The number of hydrogen-bond acceptors (Lipinski definition) is 6. The van der Waals surface area contributed by atoms with E-state index < -0.39 is 5.91 Å². The molecule has 0 atom stereocenters. The van der Waals surface area contributed by atoms with Crippen LogP contribution in [0.4, 0.5) is 4.39 Å². The summed E-state index contributed by atoms with van der Waals surface area (Å²) in [6.07, 6.45) is 0. The first-order valence-corrected chi connectivity index (χ1v) is 10.5. The monoisotopic (exact) mass is 464 g/mol. The number of hydrogen-bond donors (Lipinski definition) is 2. The molecule has 0 unspecified atom stereocenters. The van der Waals surface area contributed by atoms with Gasteiger partial charge in [-0.2, -0.15) is 0 Å². The van der Waals surface area contributed by atoms with Crippen LogP contribution in [0, 0.1) is 5.82 Å². The second-order valence-electron chi connectivity index (χ2n) is 7.36. The zero-order valence-electron chi connectivity index (χ0n) is 18.0. The van der Waals surface area contributed by atoms with E-state index in [9.17, 15) is 14.0 Å². The summed E-state index contributed by atoms with van der Waals surface area (Å²) in [7, 11) is 2.99. The second-order valence-corrected chi connectivity index (χ2v) is 7.77. The molecule has 172 valence electrons. The first kappa shape index (κ1) is 23.8. The number of nitrogens with one attached hydrogen (secondary N) is 2. The zero-order valence-corrected chi connectivity index (χ0v) is 18.7. The Morgan fingerprint density at radius 2 is 1.66 bits per heavy atom. The Kier molecular flexibility index (Phi) is 8.26. The highest BCUT2D eigenvalue weighted by Gasteiger charge is 2.20. The smallest absolute Gasteiger partial charge is 0.269 e. The van der Waals surface area contributed by atoms with Crippen molar-refractivity contribution in [3.05, 3.63) is 58.4 Å². The van der Waals surface area contributed by atoms with Crippen LogP contribution in [0.2, 0.25) is 5.02 Å². The summed E-state index contributed by atoms with van der Waals surface area (Å²) in [6, 6.07) is 9.14. The van der Waals surface area contributed by atoms with Gasteiger partial charge in [0.25, 0.3) is 11.8 Å². The molecule has 0 spiro atoms. The fourth-order valence-corrected chi connectivity index (χ4v) is 3.64. The number of piperazine rings is 1. The summed E-state index contributed by atoms with van der Waals surface area (Å²) in [6.45, 7) is 3.67. The molecule has 1 fully saturated rings. The summed E-state index contributed by atoms with van der Waals surface area (Å²) in [5, 5.41) is 0.414. The van der Waals surface area contributed by atoms with Gasteiger partial charge in [-0.3, -0.25) is 30.2 Å². The third-order valence-electron chi connectivity index (χ3n) is 5.20. The summed E-state index contributed by atoms with van der Waals surface area (Å²) in [5.74, 6) is -0.192. The number of methoxy groups -OCH3 is 2. The first-order chi connectivity index (χ1) is 15.4. The summed E-state index contributed by atoms with van der Waals surface area (Å²) in [5.41, 5.74) is 6.05. The average molecular weight is 465 g/mol. The number of amides is 2. The van der Waals surface area contributed by atoms with Crippen LogP contribution < -0.4 is 20.3 Å². The Morgan fingerprint density at radius 1 is 0.969 bits per heavy atom. The topological polar surface area (TPSA) is 83.1 Å². The second kappa shape index (κ2) is 11.1. The van der Waals surface area contributed by atoms with Gasteiger partial charge in [-0.1, -0.05) is 17.7 Å². The Balaban J connectivity index is 1.42. The molecule has 1 saturated heterocycles. The van der Waals surface area contributed by atoms with E-state index in [-0.39, 0.29) is 18.3 Å². The van der Waals surface area contributed by atoms with E-state index in [4.69, 9.17) is 21.1 Å². The van der Waals surface area contributed by atoms with Crippen LogP contribution in [-0.2, 0) is 11.3 Å². The normalized spacial score (nSPS) is 14.6. The molecule has 1 aliphatic rings. The Hall–Kier alpha value is -2.88. The largest absolute Gasteiger partial charge is 0.493 e. The van der Waals surface area contributed by atoms with E-state index in [1.807, 2.05) is 4.90 Å². The number of rotatable bonds is 7. The lowest BCUT2D eigenvalue weighted by atomic mass is 10.2. The minimum atomic E-state index is -0.458. The molecule has 1 heterocycles. The number of benzene rings is 2. The number of carbonyl (C=O) groups is 2. The fourth-order valence-electron chi connectivity index (χ4n) is 3.42. The SMILES string of the molecule is COc1ccc(C(=O)NNC(=O)CN2CCN(Cc3ccc(F)cc3Cl)CC2)cc1OC. The van der Waals surface area contributed by atoms with Crippen LogP contribution >= 0.6 is 11.6 Å². The number of carbonyl (C=O) groups excluding carboxylic acids is 2. The van der Waals surface area contributed by atoms with E-state index in [1.165, 1.54) is 32.4 Å². The van der Waals surface area contributed by atoms with Crippen LogP contribution in [0.25, 0.3) is 0 Å². The van der Waals surface area contributed by atoms with Crippen molar-refractivity contribution in [2.45, 2.75) is 6.54 Å². The highest BCUT2D eigenvalue weighted by molar-refractivity contribution is 6.31. The van der Waals surface area contributed by atoms with Crippen molar-refractivity contribution in [1.82, 2.24) is 20.7 Å². The van der Waals surface area contributed by atoms with Gasteiger partial charge in [-0.05, 0) is 35.9 Å². The summed E-state index contributed by atoms with van der Waals surface area (Å²) >= 11 is 6.11. The van der Waals surface area contributed by atoms with Gasteiger partial charge in [0.2, 0.25) is 0 Å². The summed E-state index contributed by atoms with van der Waals surface area (Å²) < 4.78 is 23.5. The molecule has 2 amide bonds. The number of nitrogens with zero attached hydrogens (tertiary/aromatic N) is 2. The lowest BCUT2D eigenvalue weighted by Crippen LogP contribution is -2.51. The van der Waals surface area contributed by atoms with Crippen LogP contribution in [0.1, 0.15) is 15.9 Å². The van der Waals surface area contributed by atoms with Crippen LogP contribution in [-0.4, -0.2) is 68.6 Å². The van der Waals surface area contributed by atoms with Crippen molar-refractivity contribution in [3.63, 3.8) is 0 Å². The number of hydrazine groups is 1. The highest BCUT2D eigenvalue weighted by Crippen LogP contribution is 2.27. The lowest BCUT2D eigenvalue weighted by Gasteiger charge is -2.34. The quantitative estimate of drug-likeness (QED) is 0.610. The molecule has 8 nitrogen and oxygen atoms in total. The molecule has 1 aliphatic heterocycles. The Labute approximate surface area is 191 Å². The molecule has 0 saturated carbocycles. The van der Waals surface area contributed by atoms with Crippen molar-refractivity contribution in [2.24, 2.45) is 0 Å². The van der Waals surface area contributed by atoms with E-state index in [0.29, 0.717) is 41.7 Å². The van der Waals surface area contributed by atoms with Gasteiger partial charge in [-0.15, -0.1) is 0 Å². The molecule has 2 aromatic carbocycles. The van der Waals surface area contributed by atoms with Crippen LogP contribution in [0.3, 0.4) is 0 Å². The van der Waals surface area contributed by atoms with E-state index in [1.54, 1.807) is 18.2 Å². The lowest BCUT2D eigenvalue weighted by molar-refractivity contribution is -0.123. The molecular formula is C22H26ClFN4O4. The molecule has 10 heteroatoms. The Morgan fingerprint density at radius 3 is 2.31 bits per heavy atom. The molecule has 0 radical (unpaired) electrons. The van der Waals surface area contributed by atoms with Crippen molar-refractivity contribution >= 4 is 23.4 Å². The highest BCUT2D eigenvalue weighted by atomic mass is 35.5. The van der Waals surface area contributed by atoms with Crippen molar-refractivity contribution in [3.8, 4) is 11.5 Å². The van der Waals surface area contributed by atoms with Gasteiger partial charge in [-0.25, -0.2) is 4.39 Å². The zero-order chi connectivity index (χ0) is 23.1. The van der Waals surface area contributed by atoms with E-state index in [0.717, 1.165) is 18.7 Å². The summed E-state index contributed by atoms with van der Waals surface area (Å²) in [4.78, 5) is 28.7. The van der Waals surface area contributed by atoms with Gasteiger partial charge in [0, 0.05) is 43.3 Å². The van der Waals surface area contributed by atoms with Gasteiger partial charge in [0.05, 0.1) is 20.8 Å². The van der Waals surface area contributed by atoms with Crippen molar-refractivity contribution in [1.29, 1.82) is 0 Å². The predicted molar refractivity (Wildman–Crippen MR) is 118 cm³/mol. The van der Waals surface area contributed by atoms with E-state index in [2.05, 4.69) is 15.8 Å². The van der Waals surface area contributed by atoms with Gasteiger partial charge in [0.1, 0.15) is 5.82 Å². The predicted octanol–water partition coefficient (Wildman–Crippen LogP) is 2.08. The molecule has 2 aromatic rings. The van der Waals surface area contributed by atoms with Gasteiger partial charge < -0.3 is 9.47 Å². The van der Waals surface area contributed by atoms with Crippen LogP contribution in [0.15, 0.2) is 36.4 Å². The fraction of sp³-hybridized carbons (Fsp3) is 0.364. The minimum Gasteiger partial charge on any atom is -0.493 e. The molecule has 32 heavy (non-hydrogen) atoms. The maximum Gasteiger partial charge on any atom is 0.269 e. The number of halogens is 2. The van der Waals surface area contributed by atoms with Gasteiger partial charge in [0.15, 0.2) is 11.5 Å². The Bertz CT molecular complexity index is 967. The third-order valence-corrected chi connectivity index (χ3v) is 5.55. The van der Waals surface area contributed by atoms with Gasteiger partial charge >= 0.3 is 0 Å². The average Bonchev–Trinajstić information content (AvgIpc) is 2.80. The van der Waals surface area contributed by atoms with E-state index >= 15 is 0 Å². The van der Waals surface area contributed by atoms with Crippen LogP contribution in [0.5, 0.6) is 11.5 Å². The van der Waals surface area contributed by atoms with Crippen molar-refractivity contribution in [2.75, 3.05) is 46.9 Å². The first-order valence-electron chi connectivity index (χ1n) is 10.1.